The monoisotopic (exact) mass is 1130 g/mol. The maximum Gasteiger partial charge on any atom is 0.416 e. The van der Waals surface area contributed by atoms with Gasteiger partial charge in [0.15, 0.2) is 0 Å². The predicted octanol–water partition coefficient (Wildman–Crippen LogP) is 11.8. The molecule has 1 aliphatic heterocycles. The second kappa shape index (κ2) is 25.4. The second-order valence-electron chi connectivity index (χ2n) is 16.0. The number of hydrogen-bond acceptors (Lipinski definition) is 11. The minimum absolute atomic E-state index is 0.0151. The van der Waals surface area contributed by atoms with Crippen LogP contribution >= 0.6 is 23.2 Å². The maximum atomic E-state index is 13.2. The maximum absolute atomic E-state index is 13.2. The van der Waals surface area contributed by atoms with E-state index in [0.29, 0.717) is 55.6 Å². The van der Waals surface area contributed by atoms with E-state index < -0.39 is 56.0 Å². The van der Waals surface area contributed by atoms with Crippen LogP contribution in [-0.2, 0) is 32.8 Å². The molecule has 7 aromatic carbocycles. The molecule has 400 valence electrons. The minimum Gasteiger partial charge on any atom is -0.457 e. The van der Waals surface area contributed by atoms with Crippen molar-refractivity contribution in [2.45, 2.75) is 31.4 Å². The van der Waals surface area contributed by atoms with Gasteiger partial charge in [-0.3, -0.25) is 0 Å². The molecule has 1 heterocycles. The first-order valence-corrected chi connectivity index (χ1v) is 26.0. The average Bonchev–Trinajstić information content (AvgIpc) is 3.77. The van der Waals surface area contributed by atoms with Crippen LogP contribution in [0.15, 0.2) is 185 Å². The standard InChI is InChI=1S/C22H18ClF3N4O3S.C21H18ClF3N2O.C8H10N2O3S/c23-16-4-8-18(9-5-16)33-19-10-6-17(7-11-19)30-20(13-28-21(30)29-34(27,31)32)14-2-1-3-15(12-14)22(24,25)26;22-16-4-8-18(9-5-16)28-19-10-6-17(7-11-19)27-20(13-26)14-2-1-3-15(12-14)21(23,24)25;1-7(10-14(9,11)12)13-8-5-3-2-4-6-8/h1-12,20H,13H2,(H,28,29)(H2,27,31,32);1-12,20,27H,13,26H2;2-6H,1H3,(H2,9,11,12)/t2*20-;/m11./s1. The Morgan fingerprint density at radius 3 is 1.64 bits per heavy atom. The first kappa shape index (κ1) is 57.9. The Balaban J connectivity index is 0.000000200. The lowest BCUT2D eigenvalue weighted by Crippen LogP contribution is -2.45. The van der Waals surface area contributed by atoms with Gasteiger partial charge in [-0.25, -0.2) is 20.0 Å². The lowest BCUT2D eigenvalue weighted by atomic mass is 10.0. The summed E-state index contributed by atoms with van der Waals surface area (Å²) in [4.78, 5) is 5.65. The van der Waals surface area contributed by atoms with Crippen LogP contribution < -0.4 is 45.2 Å². The zero-order valence-electron chi connectivity index (χ0n) is 39.6. The molecule has 76 heavy (non-hydrogen) atoms. The van der Waals surface area contributed by atoms with Gasteiger partial charge in [0.2, 0.25) is 11.9 Å². The van der Waals surface area contributed by atoms with Gasteiger partial charge in [-0.05, 0) is 145 Å². The van der Waals surface area contributed by atoms with Crippen LogP contribution in [0.2, 0.25) is 10.0 Å². The van der Waals surface area contributed by atoms with Crippen molar-refractivity contribution < 1.29 is 57.4 Å². The van der Waals surface area contributed by atoms with Crippen molar-refractivity contribution in [3.63, 3.8) is 0 Å². The molecule has 0 saturated heterocycles. The Morgan fingerprint density at radius 2 is 1.16 bits per heavy atom. The van der Waals surface area contributed by atoms with Crippen molar-refractivity contribution in [3.8, 4) is 28.7 Å². The van der Waals surface area contributed by atoms with Crippen LogP contribution in [0.1, 0.15) is 41.3 Å². The zero-order valence-corrected chi connectivity index (χ0v) is 42.7. The van der Waals surface area contributed by atoms with Crippen molar-refractivity contribution in [2.75, 3.05) is 23.3 Å². The molecule has 0 bridgehead atoms. The topological polar surface area (TPSA) is 226 Å². The fourth-order valence-corrected chi connectivity index (χ4v) is 8.07. The molecule has 0 radical (unpaired) electrons. The fraction of sp³-hybridized carbons (Fsp3) is 0.137. The second-order valence-corrected chi connectivity index (χ2v) is 19.4. The summed E-state index contributed by atoms with van der Waals surface area (Å²) < 4.78 is 145. The summed E-state index contributed by atoms with van der Waals surface area (Å²) in [6.07, 6.45) is -8.92. The number of alkyl halides is 6. The van der Waals surface area contributed by atoms with Crippen molar-refractivity contribution in [3.05, 3.63) is 208 Å². The number of nitrogens with one attached hydrogen (secondary N) is 2. The van der Waals surface area contributed by atoms with Gasteiger partial charge in [-0.1, -0.05) is 65.7 Å². The number of para-hydroxylation sites is 1. The number of aliphatic imine (C=N–C) groups is 1. The number of rotatable bonds is 13. The zero-order chi connectivity index (χ0) is 55.3. The van der Waals surface area contributed by atoms with Crippen molar-refractivity contribution >= 4 is 66.9 Å². The first-order valence-electron chi connectivity index (χ1n) is 22.2. The molecule has 8 N–H and O–H groups in total. The molecule has 0 fully saturated rings. The largest absolute Gasteiger partial charge is 0.457 e. The number of nitrogens with zero attached hydrogens (tertiary/aromatic N) is 3. The van der Waals surface area contributed by atoms with E-state index in [4.69, 9.17) is 53.4 Å². The van der Waals surface area contributed by atoms with Crippen LogP contribution in [-0.4, -0.2) is 41.8 Å². The summed E-state index contributed by atoms with van der Waals surface area (Å²) in [6, 6.07) is 44.9. The van der Waals surface area contributed by atoms with Crippen LogP contribution in [0.4, 0.5) is 37.7 Å². The highest BCUT2D eigenvalue weighted by molar-refractivity contribution is 7.88. The van der Waals surface area contributed by atoms with E-state index in [2.05, 4.69) is 19.4 Å². The van der Waals surface area contributed by atoms with E-state index in [1.165, 1.54) is 30.0 Å². The van der Waals surface area contributed by atoms with E-state index in [-0.39, 0.29) is 24.9 Å². The van der Waals surface area contributed by atoms with Gasteiger partial charge in [-0.2, -0.15) is 43.2 Å². The average molecular weight is 1130 g/mol. The van der Waals surface area contributed by atoms with E-state index >= 15 is 0 Å². The summed E-state index contributed by atoms with van der Waals surface area (Å²) >= 11 is 11.7. The molecule has 8 rings (SSSR count). The molecule has 15 nitrogen and oxygen atoms in total. The number of benzene rings is 7. The van der Waals surface area contributed by atoms with Crippen LogP contribution in [0.5, 0.6) is 28.7 Å². The normalized spacial score (nSPS) is 14.2. The third kappa shape index (κ3) is 18.2. The van der Waals surface area contributed by atoms with Crippen LogP contribution in [0.25, 0.3) is 0 Å². The number of guanidine groups is 1. The molecule has 0 saturated carbocycles. The van der Waals surface area contributed by atoms with E-state index in [9.17, 15) is 43.2 Å². The highest BCUT2D eigenvalue weighted by atomic mass is 35.5. The van der Waals surface area contributed by atoms with Gasteiger partial charge in [-0.15, -0.1) is 4.40 Å². The third-order valence-electron chi connectivity index (χ3n) is 10.3. The first-order chi connectivity index (χ1) is 35.8. The SMILES string of the molecule is CC(=NS(N)(=O)=O)Oc1ccccc1.NC[C@@H](Nc1ccc(Oc2ccc(Cl)cc2)cc1)c1cccc(C(F)(F)F)c1.NS(=O)(=O)NC1=NC[C@H](c2cccc(C(F)(F)F)c2)N1c1ccc(Oc2ccc(Cl)cc2)cc1. The number of nitrogens with two attached hydrogens (primary N) is 3. The molecule has 2 atom stereocenters. The number of hydrogen-bond donors (Lipinski definition) is 5. The van der Waals surface area contributed by atoms with Crippen LogP contribution in [0.3, 0.4) is 0 Å². The highest BCUT2D eigenvalue weighted by Crippen LogP contribution is 2.37. The molecule has 0 unspecified atom stereocenters. The third-order valence-corrected chi connectivity index (χ3v) is 11.8. The molecular formula is C51H46Cl2F6N8O7S2. The summed E-state index contributed by atoms with van der Waals surface area (Å²) in [5.74, 6) is 2.70. The molecule has 25 heteroatoms. The van der Waals surface area contributed by atoms with E-state index in [0.717, 1.165) is 30.0 Å². The van der Waals surface area contributed by atoms with Gasteiger partial charge in [0.1, 0.15) is 28.7 Å². The van der Waals surface area contributed by atoms with Crippen molar-refractivity contribution in [1.29, 1.82) is 0 Å². The lowest BCUT2D eigenvalue weighted by Gasteiger charge is -2.28. The summed E-state index contributed by atoms with van der Waals surface area (Å²) in [6.45, 7) is 1.57. The summed E-state index contributed by atoms with van der Waals surface area (Å²) in [7, 11) is -8.06. The Labute approximate surface area is 443 Å². The summed E-state index contributed by atoms with van der Waals surface area (Å²) in [5, 5.41) is 14.1. The Morgan fingerprint density at radius 1 is 0.671 bits per heavy atom. The Hall–Kier alpha value is -7.38. The molecule has 0 aromatic heterocycles. The smallest absolute Gasteiger partial charge is 0.416 e. The van der Waals surface area contributed by atoms with E-state index in [1.54, 1.807) is 127 Å². The quantitative estimate of drug-likeness (QED) is 0.0417. The van der Waals surface area contributed by atoms with E-state index in [1.807, 2.05) is 6.07 Å². The fourth-order valence-electron chi connectivity index (χ4n) is 7.01. The van der Waals surface area contributed by atoms with Crippen molar-refractivity contribution in [2.24, 2.45) is 25.4 Å². The van der Waals surface area contributed by atoms with Gasteiger partial charge in [0.05, 0.1) is 29.8 Å². The molecule has 7 aromatic rings. The molecule has 0 aliphatic carbocycles. The Bertz CT molecular complexity index is 3330. The van der Waals surface area contributed by atoms with Crippen molar-refractivity contribution in [1.82, 2.24) is 4.72 Å². The molecule has 1 aliphatic rings. The molecule has 0 spiro atoms. The number of halogens is 8. The van der Waals surface area contributed by atoms with Gasteiger partial charge in [0, 0.05) is 34.9 Å². The minimum atomic E-state index is -4.53. The predicted molar refractivity (Wildman–Crippen MR) is 281 cm³/mol. The molecule has 0 amide bonds. The number of ether oxygens (including phenoxy) is 3. The lowest BCUT2D eigenvalue weighted by molar-refractivity contribution is -0.138. The van der Waals surface area contributed by atoms with Gasteiger partial charge >= 0.3 is 22.6 Å². The van der Waals surface area contributed by atoms with Crippen LogP contribution in [0, 0.1) is 0 Å². The van der Waals surface area contributed by atoms with Gasteiger partial charge < -0.3 is 30.2 Å². The summed E-state index contributed by atoms with van der Waals surface area (Å²) in [5.41, 5.74) is 6.24. The van der Waals surface area contributed by atoms with Gasteiger partial charge in [0.25, 0.3) is 10.2 Å². The highest BCUT2D eigenvalue weighted by Gasteiger charge is 2.36. The molecular weight excluding hydrogens is 1090 g/mol. The Kier molecular flexibility index (Phi) is 19.4. The number of anilines is 2.